The van der Waals surface area contributed by atoms with E-state index in [0.717, 1.165) is 20.1 Å². The molecule has 0 nitrogen and oxygen atoms in total. The largest absolute Gasteiger partial charge is 0.113 e. The summed E-state index contributed by atoms with van der Waals surface area (Å²) in [6.07, 6.45) is 0. The quantitative estimate of drug-likeness (QED) is 0.505. The predicted octanol–water partition coefficient (Wildman–Crippen LogP) is 6.47. The summed E-state index contributed by atoms with van der Waals surface area (Å²) >= 11 is 13.9. The third-order valence-electron chi connectivity index (χ3n) is 3.25. The Balaban J connectivity index is 2.49. The summed E-state index contributed by atoms with van der Waals surface area (Å²) in [4.78, 5) is 0. The Hall–Kier alpha value is -0.310. The molecule has 0 saturated heterocycles. The first-order chi connectivity index (χ1) is 8.90. The molecule has 100 valence electrons. The Labute approximate surface area is 136 Å². The maximum absolute atomic E-state index is 6.67. The zero-order valence-corrected chi connectivity index (χ0v) is 15.0. The fourth-order valence-corrected chi connectivity index (χ4v) is 3.74. The van der Waals surface area contributed by atoms with Gasteiger partial charge in [-0.05, 0) is 55.2 Å². The fourth-order valence-electron chi connectivity index (χ4n) is 2.13. The van der Waals surface area contributed by atoms with Crippen molar-refractivity contribution in [1.29, 1.82) is 0 Å². The van der Waals surface area contributed by atoms with Gasteiger partial charge in [-0.1, -0.05) is 55.6 Å². The molecule has 0 N–H and O–H groups in total. The molecule has 0 radical (unpaired) electrons. The predicted molar refractivity (Wildman–Crippen MR) is 90.2 cm³/mol. The van der Waals surface area contributed by atoms with Crippen LogP contribution in [0.1, 0.15) is 33.2 Å². The molecule has 0 spiro atoms. The van der Waals surface area contributed by atoms with Gasteiger partial charge in [-0.2, -0.15) is 0 Å². The van der Waals surface area contributed by atoms with Crippen molar-refractivity contribution in [3.05, 3.63) is 67.1 Å². The van der Waals surface area contributed by atoms with Gasteiger partial charge >= 0.3 is 0 Å². The first-order valence-electron chi connectivity index (χ1n) is 6.07. The van der Waals surface area contributed by atoms with Gasteiger partial charge in [-0.3, -0.25) is 0 Å². The minimum atomic E-state index is -0.146. The van der Waals surface area contributed by atoms with E-state index in [0.29, 0.717) is 0 Å². The number of halogens is 3. The molecule has 0 bridgehead atoms. The van der Waals surface area contributed by atoms with E-state index in [-0.39, 0.29) is 5.38 Å². The molecule has 0 heterocycles. The number of aryl methyl sites for hydroxylation is 3. The van der Waals surface area contributed by atoms with Crippen LogP contribution in [-0.2, 0) is 0 Å². The molecule has 1 unspecified atom stereocenters. The van der Waals surface area contributed by atoms with E-state index in [1.54, 1.807) is 0 Å². The lowest BCUT2D eigenvalue weighted by Crippen LogP contribution is -1.98. The lowest BCUT2D eigenvalue weighted by molar-refractivity contribution is 1.09. The van der Waals surface area contributed by atoms with Crippen molar-refractivity contribution >= 4 is 43.5 Å². The third kappa shape index (κ3) is 3.24. The van der Waals surface area contributed by atoms with Gasteiger partial charge in [-0.15, -0.1) is 11.6 Å². The minimum absolute atomic E-state index is 0.146. The summed E-state index contributed by atoms with van der Waals surface area (Å²) in [5.74, 6) is 0. The Morgan fingerprint density at radius 1 is 0.842 bits per heavy atom. The van der Waals surface area contributed by atoms with Crippen LogP contribution in [0.15, 0.2) is 39.3 Å². The molecule has 2 aromatic rings. The number of alkyl halides is 1. The van der Waals surface area contributed by atoms with Crippen molar-refractivity contribution in [2.75, 3.05) is 0 Å². The number of hydrogen-bond acceptors (Lipinski definition) is 0. The molecular formula is C16H15Br2Cl. The van der Waals surface area contributed by atoms with Crippen molar-refractivity contribution in [3.8, 4) is 0 Å². The van der Waals surface area contributed by atoms with Crippen LogP contribution in [0.25, 0.3) is 0 Å². The molecule has 0 aromatic heterocycles. The van der Waals surface area contributed by atoms with Crippen molar-refractivity contribution in [2.45, 2.75) is 26.1 Å². The molecule has 0 saturated carbocycles. The van der Waals surface area contributed by atoms with E-state index in [1.807, 2.05) is 0 Å². The van der Waals surface area contributed by atoms with Crippen LogP contribution in [-0.4, -0.2) is 0 Å². The molecule has 2 aromatic carbocycles. The van der Waals surface area contributed by atoms with E-state index in [4.69, 9.17) is 11.6 Å². The van der Waals surface area contributed by atoms with Gasteiger partial charge in [0.15, 0.2) is 0 Å². The van der Waals surface area contributed by atoms with E-state index < -0.39 is 0 Å². The van der Waals surface area contributed by atoms with Gasteiger partial charge in [-0.25, -0.2) is 0 Å². The number of rotatable bonds is 2. The molecular weight excluding hydrogens is 387 g/mol. The fraction of sp³-hybridized carbons (Fsp3) is 0.250. The lowest BCUT2D eigenvalue weighted by Gasteiger charge is -2.16. The SMILES string of the molecule is Cc1ccc(C(Cl)c2cc(Br)c(C)cc2Br)c(C)c1. The molecule has 0 aliphatic carbocycles. The molecule has 1 atom stereocenters. The van der Waals surface area contributed by atoms with Crippen LogP contribution >= 0.6 is 43.5 Å². The van der Waals surface area contributed by atoms with Gasteiger partial charge in [0.2, 0.25) is 0 Å². The van der Waals surface area contributed by atoms with E-state index in [1.165, 1.54) is 16.7 Å². The highest BCUT2D eigenvalue weighted by molar-refractivity contribution is 9.11. The summed E-state index contributed by atoms with van der Waals surface area (Å²) < 4.78 is 2.13. The van der Waals surface area contributed by atoms with Crippen LogP contribution in [0, 0.1) is 20.8 Å². The van der Waals surface area contributed by atoms with Crippen LogP contribution in [0.2, 0.25) is 0 Å². The Kier molecular flexibility index (Phi) is 4.75. The molecule has 2 rings (SSSR count). The van der Waals surface area contributed by atoms with E-state index >= 15 is 0 Å². The van der Waals surface area contributed by atoms with Gasteiger partial charge in [0, 0.05) is 8.95 Å². The molecule has 0 fully saturated rings. The average Bonchev–Trinajstić information content (AvgIpc) is 2.33. The van der Waals surface area contributed by atoms with Crippen molar-refractivity contribution in [1.82, 2.24) is 0 Å². The van der Waals surface area contributed by atoms with Gasteiger partial charge in [0.1, 0.15) is 0 Å². The molecule has 19 heavy (non-hydrogen) atoms. The van der Waals surface area contributed by atoms with Crippen LogP contribution < -0.4 is 0 Å². The Morgan fingerprint density at radius 3 is 2.16 bits per heavy atom. The Morgan fingerprint density at radius 2 is 1.53 bits per heavy atom. The molecule has 0 aliphatic rings. The summed E-state index contributed by atoms with van der Waals surface area (Å²) in [7, 11) is 0. The maximum atomic E-state index is 6.67. The topological polar surface area (TPSA) is 0 Å². The third-order valence-corrected chi connectivity index (χ3v) is 5.26. The number of hydrogen-bond donors (Lipinski definition) is 0. The standard InChI is InChI=1S/C16H15Br2Cl/c1-9-4-5-12(10(2)6-9)16(19)13-8-14(17)11(3)7-15(13)18/h4-8,16H,1-3H3. The van der Waals surface area contributed by atoms with Crippen LogP contribution in [0.4, 0.5) is 0 Å². The summed E-state index contributed by atoms with van der Waals surface area (Å²) in [6, 6.07) is 10.6. The first kappa shape index (κ1) is 15.1. The molecule has 0 aliphatic heterocycles. The smallest absolute Gasteiger partial charge is 0.0849 e. The highest BCUT2D eigenvalue weighted by Crippen LogP contribution is 2.38. The zero-order chi connectivity index (χ0) is 14.2. The van der Waals surface area contributed by atoms with Crippen LogP contribution in [0.5, 0.6) is 0 Å². The van der Waals surface area contributed by atoms with E-state index in [2.05, 4.69) is 83.0 Å². The monoisotopic (exact) mass is 400 g/mol. The molecule has 3 heteroatoms. The molecule has 0 amide bonds. The first-order valence-corrected chi connectivity index (χ1v) is 8.09. The normalized spacial score (nSPS) is 12.5. The van der Waals surface area contributed by atoms with Crippen molar-refractivity contribution in [3.63, 3.8) is 0 Å². The summed E-state index contributed by atoms with van der Waals surface area (Å²) in [6.45, 7) is 6.27. The second-order valence-electron chi connectivity index (χ2n) is 4.85. The minimum Gasteiger partial charge on any atom is -0.113 e. The van der Waals surface area contributed by atoms with E-state index in [9.17, 15) is 0 Å². The van der Waals surface area contributed by atoms with Crippen molar-refractivity contribution < 1.29 is 0 Å². The maximum Gasteiger partial charge on any atom is 0.0849 e. The zero-order valence-electron chi connectivity index (χ0n) is 11.1. The number of benzene rings is 2. The Bertz CT molecular complexity index is 620. The highest BCUT2D eigenvalue weighted by atomic mass is 79.9. The second kappa shape index (κ2) is 5.99. The van der Waals surface area contributed by atoms with Crippen LogP contribution in [0.3, 0.4) is 0 Å². The average molecular weight is 403 g/mol. The van der Waals surface area contributed by atoms with Gasteiger partial charge in [0.25, 0.3) is 0 Å². The summed E-state index contributed by atoms with van der Waals surface area (Å²) in [5, 5.41) is -0.146. The highest BCUT2D eigenvalue weighted by Gasteiger charge is 2.17. The second-order valence-corrected chi connectivity index (χ2v) is 6.99. The lowest BCUT2D eigenvalue weighted by atomic mass is 9.98. The van der Waals surface area contributed by atoms with Gasteiger partial charge < -0.3 is 0 Å². The van der Waals surface area contributed by atoms with Gasteiger partial charge in [0.05, 0.1) is 5.38 Å². The van der Waals surface area contributed by atoms with Crippen molar-refractivity contribution in [2.24, 2.45) is 0 Å². The summed E-state index contributed by atoms with van der Waals surface area (Å²) in [5.41, 5.74) is 5.92.